The molecule has 2 aliphatic rings. The van der Waals surface area contributed by atoms with E-state index < -0.39 is 17.6 Å². The molecule has 0 aliphatic heterocycles. The maximum Gasteiger partial charge on any atom is 0.411 e. The predicted octanol–water partition coefficient (Wildman–Crippen LogP) is 2.56. The van der Waals surface area contributed by atoms with Gasteiger partial charge in [0.2, 0.25) is 0 Å². The summed E-state index contributed by atoms with van der Waals surface area (Å²) in [7, 11) is 0. The van der Waals surface area contributed by atoms with E-state index in [1.165, 1.54) is 11.0 Å². The van der Waals surface area contributed by atoms with Gasteiger partial charge in [0.15, 0.2) is 0 Å². The van der Waals surface area contributed by atoms with E-state index in [4.69, 9.17) is 4.74 Å². The van der Waals surface area contributed by atoms with Crippen LogP contribution in [0.25, 0.3) is 0 Å². The Kier molecular flexibility index (Phi) is 4.12. The van der Waals surface area contributed by atoms with Crippen molar-refractivity contribution in [2.45, 2.75) is 56.5 Å². The minimum atomic E-state index is -1.01. The number of aliphatic carboxylic acids is 1. The van der Waals surface area contributed by atoms with Gasteiger partial charge < -0.3 is 9.84 Å². The quantitative estimate of drug-likeness (QED) is 0.777. The lowest BCUT2D eigenvalue weighted by atomic mass is 9.93. The van der Waals surface area contributed by atoms with Crippen LogP contribution in [0.15, 0.2) is 12.7 Å². The fourth-order valence-corrected chi connectivity index (χ4v) is 2.89. The molecular weight excluding hydrogens is 246 g/mol. The van der Waals surface area contributed by atoms with Gasteiger partial charge in [-0.05, 0) is 25.7 Å². The number of amides is 1. The van der Waals surface area contributed by atoms with E-state index in [1.807, 2.05) is 0 Å². The molecule has 2 fully saturated rings. The Balaban J connectivity index is 2.15. The Labute approximate surface area is 113 Å². The minimum absolute atomic E-state index is 0.00432. The first-order valence-electron chi connectivity index (χ1n) is 6.92. The molecule has 0 spiro atoms. The molecule has 2 aliphatic carbocycles. The number of nitrogens with zero attached hydrogens (tertiary/aromatic N) is 1. The van der Waals surface area contributed by atoms with Gasteiger partial charge >= 0.3 is 12.1 Å². The summed E-state index contributed by atoms with van der Waals surface area (Å²) in [6.45, 7) is 3.63. The minimum Gasteiger partial charge on any atom is -0.479 e. The van der Waals surface area contributed by atoms with Crippen LogP contribution in [0.1, 0.15) is 44.9 Å². The average molecular weight is 267 g/mol. The first-order chi connectivity index (χ1) is 9.12. The van der Waals surface area contributed by atoms with Crippen LogP contribution in [0, 0.1) is 0 Å². The molecule has 0 saturated heterocycles. The highest BCUT2D eigenvalue weighted by atomic mass is 16.6. The van der Waals surface area contributed by atoms with E-state index >= 15 is 0 Å². The Morgan fingerprint density at radius 1 is 1.32 bits per heavy atom. The third kappa shape index (κ3) is 2.74. The molecule has 2 saturated carbocycles. The number of hydrogen-bond donors (Lipinski definition) is 1. The van der Waals surface area contributed by atoms with Gasteiger partial charge in [-0.3, -0.25) is 4.90 Å². The van der Waals surface area contributed by atoms with Crippen LogP contribution in [0.5, 0.6) is 0 Å². The number of hydrogen-bond acceptors (Lipinski definition) is 3. The van der Waals surface area contributed by atoms with E-state index in [1.54, 1.807) is 0 Å². The van der Waals surface area contributed by atoms with Gasteiger partial charge in [-0.1, -0.05) is 31.9 Å². The molecule has 1 amide bonds. The molecule has 5 heteroatoms. The smallest absolute Gasteiger partial charge is 0.411 e. The Hall–Kier alpha value is -1.52. The fraction of sp³-hybridized carbons (Fsp3) is 0.714. The molecule has 0 bridgehead atoms. The largest absolute Gasteiger partial charge is 0.479 e. The van der Waals surface area contributed by atoms with Gasteiger partial charge in [0.25, 0.3) is 0 Å². The highest BCUT2D eigenvalue weighted by Gasteiger charge is 2.59. The summed E-state index contributed by atoms with van der Waals surface area (Å²) in [5.74, 6) is -0.909. The highest BCUT2D eigenvalue weighted by molar-refractivity contribution is 5.87. The summed E-state index contributed by atoms with van der Waals surface area (Å²) in [4.78, 5) is 25.2. The lowest BCUT2D eigenvalue weighted by Crippen LogP contribution is -2.53. The lowest BCUT2D eigenvalue weighted by Gasteiger charge is -2.37. The molecule has 0 heterocycles. The van der Waals surface area contributed by atoms with Crippen molar-refractivity contribution in [3.8, 4) is 0 Å². The molecule has 0 aromatic carbocycles. The first kappa shape index (κ1) is 13.9. The molecule has 0 aromatic rings. The highest BCUT2D eigenvalue weighted by Crippen LogP contribution is 2.45. The van der Waals surface area contributed by atoms with Crippen molar-refractivity contribution in [1.82, 2.24) is 4.90 Å². The summed E-state index contributed by atoms with van der Waals surface area (Å²) in [6.07, 6.45) is 7.05. The zero-order chi connectivity index (χ0) is 13.9. The fourth-order valence-electron chi connectivity index (χ4n) is 2.89. The molecule has 106 valence electrons. The second-order valence-corrected chi connectivity index (χ2v) is 5.36. The predicted molar refractivity (Wildman–Crippen MR) is 69.9 cm³/mol. The summed E-state index contributed by atoms with van der Waals surface area (Å²) in [5.41, 5.74) is -1.01. The van der Waals surface area contributed by atoms with E-state index in [0.29, 0.717) is 12.8 Å². The Morgan fingerprint density at radius 2 is 1.95 bits per heavy atom. The van der Waals surface area contributed by atoms with Gasteiger partial charge in [-0.2, -0.15) is 0 Å². The number of ether oxygens (including phenoxy) is 1. The molecule has 5 nitrogen and oxygen atoms in total. The summed E-state index contributed by atoms with van der Waals surface area (Å²) in [5, 5.41) is 9.41. The van der Waals surface area contributed by atoms with Crippen LogP contribution < -0.4 is 0 Å². The van der Waals surface area contributed by atoms with Crippen molar-refractivity contribution in [1.29, 1.82) is 0 Å². The zero-order valence-electron chi connectivity index (χ0n) is 11.1. The van der Waals surface area contributed by atoms with E-state index in [2.05, 4.69) is 6.58 Å². The third-order valence-electron chi connectivity index (χ3n) is 4.04. The first-order valence-corrected chi connectivity index (χ1v) is 6.92. The van der Waals surface area contributed by atoms with Crippen molar-refractivity contribution < 1.29 is 19.4 Å². The van der Waals surface area contributed by atoms with Gasteiger partial charge in [0.05, 0.1) is 0 Å². The molecule has 0 aromatic heterocycles. The normalized spacial score (nSPS) is 21.5. The van der Waals surface area contributed by atoms with Crippen molar-refractivity contribution in [3.63, 3.8) is 0 Å². The molecule has 0 radical (unpaired) electrons. The van der Waals surface area contributed by atoms with Crippen molar-refractivity contribution in [2.24, 2.45) is 0 Å². The van der Waals surface area contributed by atoms with E-state index in [9.17, 15) is 14.7 Å². The molecule has 19 heavy (non-hydrogen) atoms. The SMILES string of the molecule is C=CCOC(=O)N(C1CCCCC1)C1(C(=O)O)CC1. The van der Waals surface area contributed by atoms with Gasteiger partial charge in [-0.15, -0.1) is 0 Å². The summed E-state index contributed by atoms with van der Waals surface area (Å²) in [6, 6.07) is 0.00432. The van der Waals surface area contributed by atoms with Crippen LogP contribution in [0.3, 0.4) is 0 Å². The van der Waals surface area contributed by atoms with Crippen LogP contribution >= 0.6 is 0 Å². The number of carbonyl (C=O) groups is 2. The van der Waals surface area contributed by atoms with Crippen LogP contribution in [0.4, 0.5) is 4.79 Å². The summed E-state index contributed by atoms with van der Waals surface area (Å²) < 4.78 is 5.09. The zero-order valence-corrected chi connectivity index (χ0v) is 11.1. The molecule has 1 N–H and O–H groups in total. The van der Waals surface area contributed by atoms with Crippen molar-refractivity contribution in [2.75, 3.05) is 6.61 Å². The van der Waals surface area contributed by atoms with Gasteiger partial charge in [0.1, 0.15) is 12.1 Å². The Morgan fingerprint density at radius 3 is 2.42 bits per heavy atom. The third-order valence-corrected chi connectivity index (χ3v) is 4.04. The van der Waals surface area contributed by atoms with Gasteiger partial charge in [-0.25, -0.2) is 9.59 Å². The lowest BCUT2D eigenvalue weighted by molar-refractivity contribution is -0.145. The van der Waals surface area contributed by atoms with Gasteiger partial charge in [0, 0.05) is 6.04 Å². The molecule has 0 atom stereocenters. The van der Waals surface area contributed by atoms with Crippen LogP contribution in [-0.2, 0) is 9.53 Å². The van der Waals surface area contributed by atoms with E-state index in [-0.39, 0.29) is 12.6 Å². The van der Waals surface area contributed by atoms with Crippen LogP contribution in [-0.4, -0.2) is 40.3 Å². The maximum absolute atomic E-state index is 12.2. The molecule has 0 unspecified atom stereocenters. The second kappa shape index (κ2) is 5.63. The number of rotatable bonds is 5. The monoisotopic (exact) mass is 267 g/mol. The van der Waals surface area contributed by atoms with E-state index in [0.717, 1.165) is 32.1 Å². The molecular formula is C14H21NO4. The van der Waals surface area contributed by atoms with Crippen molar-refractivity contribution >= 4 is 12.1 Å². The number of carboxylic acid groups (broad SMARTS) is 1. The molecule has 2 rings (SSSR count). The number of carbonyl (C=O) groups excluding carboxylic acids is 1. The number of carboxylic acids is 1. The van der Waals surface area contributed by atoms with Crippen LogP contribution in [0.2, 0.25) is 0 Å². The summed E-state index contributed by atoms with van der Waals surface area (Å²) >= 11 is 0. The maximum atomic E-state index is 12.2. The standard InChI is InChI=1S/C14H21NO4/c1-2-10-19-13(18)15(11-6-4-3-5-7-11)14(8-9-14)12(16)17/h2,11H,1,3-10H2,(H,16,17). The van der Waals surface area contributed by atoms with Crippen molar-refractivity contribution in [3.05, 3.63) is 12.7 Å². The topological polar surface area (TPSA) is 66.8 Å². The average Bonchev–Trinajstić information content (AvgIpc) is 3.19. The second-order valence-electron chi connectivity index (χ2n) is 5.36. The Bertz CT molecular complexity index is 370.